The zero-order chi connectivity index (χ0) is 11.5. The standard InChI is InChI=1S/C12H10ClFN2/c13-8-2-1-3-10(6-8)16-12-7-9(14)4-5-11(12)15/h1-7,16H,15H2. The molecule has 2 aromatic rings. The number of halogens is 2. The van der Waals surface area contributed by atoms with Crippen LogP contribution in [0.25, 0.3) is 0 Å². The SMILES string of the molecule is Nc1ccc(F)cc1Nc1cccc(Cl)c1. The minimum atomic E-state index is -0.335. The molecule has 2 nitrogen and oxygen atoms in total. The van der Waals surface area contributed by atoms with Gasteiger partial charge in [0.1, 0.15) is 5.82 Å². The first-order chi connectivity index (χ1) is 7.65. The molecule has 2 aromatic carbocycles. The molecule has 0 saturated carbocycles. The maximum Gasteiger partial charge on any atom is 0.125 e. The largest absolute Gasteiger partial charge is 0.397 e. The van der Waals surface area contributed by atoms with E-state index in [4.69, 9.17) is 17.3 Å². The Bertz CT molecular complexity index is 514. The molecule has 0 aliphatic rings. The van der Waals surface area contributed by atoms with Gasteiger partial charge in [-0.05, 0) is 36.4 Å². The first-order valence-electron chi connectivity index (χ1n) is 4.73. The van der Waals surface area contributed by atoms with Crippen LogP contribution in [-0.4, -0.2) is 0 Å². The highest BCUT2D eigenvalue weighted by atomic mass is 35.5. The fourth-order valence-electron chi connectivity index (χ4n) is 1.36. The van der Waals surface area contributed by atoms with Crippen LogP contribution in [0.1, 0.15) is 0 Å². The van der Waals surface area contributed by atoms with Crippen LogP contribution in [0.3, 0.4) is 0 Å². The molecule has 0 saturated heterocycles. The third-order valence-corrected chi connectivity index (χ3v) is 2.35. The van der Waals surface area contributed by atoms with Gasteiger partial charge in [-0.15, -0.1) is 0 Å². The van der Waals surface area contributed by atoms with Gasteiger partial charge in [0.25, 0.3) is 0 Å². The number of benzene rings is 2. The summed E-state index contributed by atoms with van der Waals surface area (Å²) in [6.45, 7) is 0. The van der Waals surface area contributed by atoms with Gasteiger partial charge in [0, 0.05) is 10.7 Å². The lowest BCUT2D eigenvalue weighted by Crippen LogP contribution is -1.96. The maximum absolute atomic E-state index is 13.0. The van der Waals surface area contributed by atoms with Crippen molar-refractivity contribution in [3.63, 3.8) is 0 Å². The minimum Gasteiger partial charge on any atom is -0.397 e. The van der Waals surface area contributed by atoms with E-state index in [1.807, 2.05) is 6.07 Å². The van der Waals surface area contributed by atoms with Crippen molar-refractivity contribution >= 4 is 28.7 Å². The number of nitrogens with two attached hydrogens (primary N) is 1. The number of rotatable bonds is 2. The summed E-state index contributed by atoms with van der Waals surface area (Å²) in [6, 6.07) is 11.3. The second kappa shape index (κ2) is 4.41. The van der Waals surface area contributed by atoms with E-state index in [1.54, 1.807) is 18.2 Å². The van der Waals surface area contributed by atoms with E-state index >= 15 is 0 Å². The predicted molar refractivity (Wildman–Crippen MR) is 65.5 cm³/mol. The molecular formula is C12H10ClFN2. The molecule has 2 rings (SSSR count). The van der Waals surface area contributed by atoms with Crippen molar-refractivity contribution in [1.82, 2.24) is 0 Å². The van der Waals surface area contributed by atoms with Crippen molar-refractivity contribution in [2.45, 2.75) is 0 Å². The summed E-state index contributed by atoms with van der Waals surface area (Å²) in [5, 5.41) is 3.62. The van der Waals surface area contributed by atoms with Crippen molar-refractivity contribution < 1.29 is 4.39 Å². The molecule has 0 atom stereocenters. The average Bonchev–Trinajstić information content (AvgIpc) is 2.24. The molecular weight excluding hydrogens is 227 g/mol. The summed E-state index contributed by atoms with van der Waals surface area (Å²) in [6.07, 6.45) is 0. The number of nitrogens with one attached hydrogen (secondary N) is 1. The van der Waals surface area contributed by atoms with Crippen LogP contribution in [0.2, 0.25) is 5.02 Å². The molecule has 0 aliphatic carbocycles. The number of hydrogen-bond donors (Lipinski definition) is 2. The zero-order valence-corrected chi connectivity index (χ0v) is 9.13. The molecule has 0 heterocycles. The molecule has 3 N–H and O–H groups in total. The van der Waals surface area contributed by atoms with Gasteiger partial charge in [-0.25, -0.2) is 4.39 Å². The van der Waals surface area contributed by atoms with Crippen molar-refractivity contribution in [1.29, 1.82) is 0 Å². The molecule has 0 aromatic heterocycles. The third-order valence-electron chi connectivity index (χ3n) is 2.12. The van der Waals surface area contributed by atoms with E-state index in [9.17, 15) is 4.39 Å². The number of nitrogen functional groups attached to an aromatic ring is 1. The monoisotopic (exact) mass is 236 g/mol. The summed E-state index contributed by atoms with van der Waals surface area (Å²) in [5.41, 5.74) is 7.50. The van der Waals surface area contributed by atoms with Crippen LogP contribution in [0, 0.1) is 5.82 Å². The highest BCUT2D eigenvalue weighted by Crippen LogP contribution is 2.25. The van der Waals surface area contributed by atoms with Gasteiger partial charge in [0.15, 0.2) is 0 Å². The van der Waals surface area contributed by atoms with E-state index in [-0.39, 0.29) is 5.82 Å². The Morgan fingerprint density at radius 2 is 1.94 bits per heavy atom. The van der Waals surface area contributed by atoms with Gasteiger partial charge < -0.3 is 11.1 Å². The van der Waals surface area contributed by atoms with Crippen molar-refractivity contribution in [2.24, 2.45) is 0 Å². The van der Waals surface area contributed by atoms with Crippen LogP contribution in [-0.2, 0) is 0 Å². The molecule has 0 amide bonds. The fourth-order valence-corrected chi connectivity index (χ4v) is 1.55. The Morgan fingerprint density at radius 3 is 2.69 bits per heavy atom. The molecule has 82 valence electrons. The lowest BCUT2D eigenvalue weighted by Gasteiger charge is -2.09. The fraction of sp³-hybridized carbons (Fsp3) is 0. The molecule has 0 radical (unpaired) electrons. The topological polar surface area (TPSA) is 38.0 Å². The molecule has 0 aliphatic heterocycles. The quantitative estimate of drug-likeness (QED) is 0.779. The van der Waals surface area contributed by atoms with Gasteiger partial charge >= 0.3 is 0 Å². The molecule has 0 fully saturated rings. The van der Waals surface area contributed by atoms with Gasteiger partial charge in [-0.3, -0.25) is 0 Å². The number of anilines is 3. The first-order valence-corrected chi connectivity index (χ1v) is 5.10. The van der Waals surface area contributed by atoms with E-state index in [1.165, 1.54) is 18.2 Å². The second-order valence-corrected chi connectivity index (χ2v) is 3.80. The Labute approximate surface area is 97.8 Å². The Kier molecular flexibility index (Phi) is 2.97. The van der Waals surface area contributed by atoms with Crippen LogP contribution in [0.5, 0.6) is 0 Å². The zero-order valence-electron chi connectivity index (χ0n) is 8.37. The van der Waals surface area contributed by atoms with Gasteiger partial charge in [-0.2, -0.15) is 0 Å². The maximum atomic E-state index is 13.0. The summed E-state index contributed by atoms with van der Waals surface area (Å²) < 4.78 is 13.0. The van der Waals surface area contributed by atoms with E-state index in [0.717, 1.165) is 5.69 Å². The lowest BCUT2D eigenvalue weighted by atomic mass is 10.2. The Hall–Kier alpha value is -1.74. The van der Waals surface area contributed by atoms with E-state index in [2.05, 4.69) is 5.32 Å². The summed E-state index contributed by atoms with van der Waals surface area (Å²) in [7, 11) is 0. The Balaban J connectivity index is 2.30. The van der Waals surface area contributed by atoms with Gasteiger partial charge in [-0.1, -0.05) is 17.7 Å². The van der Waals surface area contributed by atoms with Crippen LogP contribution in [0.4, 0.5) is 21.5 Å². The van der Waals surface area contributed by atoms with Crippen LogP contribution < -0.4 is 11.1 Å². The normalized spacial score (nSPS) is 10.1. The summed E-state index contributed by atoms with van der Waals surface area (Å²) >= 11 is 5.84. The van der Waals surface area contributed by atoms with Gasteiger partial charge in [0.2, 0.25) is 0 Å². The molecule has 0 unspecified atom stereocenters. The van der Waals surface area contributed by atoms with Crippen molar-refractivity contribution in [3.05, 3.63) is 53.3 Å². The predicted octanol–water partition coefficient (Wildman–Crippen LogP) is 3.80. The first kappa shape index (κ1) is 10.8. The number of hydrogen-bond acceptors (Lipinski definition) is 2. The van der Waals surface area contributed by atoms with Crippen LogP contribution in [0.15, 0.2) is 42.5 Å². The molecule has 16 heavy (non-hydrogen) atoms. The van der Waals surface area contributed by atoms with Gasteiger partial charge in [0.05, 0.1) is 11.4 Å². The van der Waals surface area contributed by atoms with E-state index < -0.39 is 0 Å². The highest BCUT2D eigenvalue weighted by molar-refractivity contribution is 6.30. The lowest BCUT2D eigenvalue weighted by molar-refractivity contribution is 0.628. The Morgan fingerprint density at radius 1 is 1.12 bits per heavy atom. The minimum absolute atomic E-state index is 0.335. The summed E-state index contributed by atoms with van der Waals surface area (Å²) in [4.78, 5) is 0. The van der Waals surface area contributed by atoms with Crippen LogP contribution >= 0.6 is 11.6 Å². The molecule has 0 bridgehead atoms. The third kappa shape index (κ3) is 2.44. The molecule has 4 heteroatoms. The highest BCUT2D eigenvalue weighted by Gasteiger charge is 2.01. The average molecular weight is 237 g/mol. The summed E-state index contributed by atoms with van der Waals surface area (Å²) in [5.74, 6) is -0.335. The van der Waals surface area contributed by atoms with Crippen molar-refractivity contribution in [2.75, 3.05) is 11.1 Å². The van der Waals surface area contributed by atoms with E-state index in [0.29, 0.717) is 16.4 Å². The molecule has 0 spiro atoms. The second-order valence-electron chi connectivity index (χ2n) is 3.37. The smallest absolute Gasteiger partial charge is 0.125 e. The van der Waals surface area contributed by atoms with Crippen molar-refractivity contribution in [3.8, 4) is 0 Å².